The lowest BCUT2D eigenvalue weighted by atomic mass is 9.98. The fourth-order valence-electron chi connectivity index (χ4n) is 2.86. The van der Waals surface area contributed by atoms with E-state index in [0.717, 1.165) is 10.6 Å². The molecule has 0 saturated carbocycles. The van der Waals surface area contributed by atoms with E-state index >= 15 is 0 Å². The molecule has 0 heterocycles. The molecule has 6 nitrogen and oxygen atoms in total. The summed E-state index contributed by atoms with van der Waals surface area (Å²) in [4.78, 5) is 21.7. The molecule has 0 bridgehead atoms. The van der Waals surface area contributed by atoms with Gasteiger partial charge in [-0.15, -0.1) is 0 Å². The molecule has 0 aromatic heterocycles. The minimum atomic E-state index is -4.75. The molecule has 2 aromatic rings. The third-order valence-corrected chi connectivity index (χ3v) is 5.77. The molecule has 0 aliphatic rings. The number of carbonyl (C=O) groups is 2. The second-order valence-electron chi connectivity index (χ2n) is 10.0. The lowest BCUT2D eigenvalue weighted by Gasteiger charge is -2.28. The second kappa shape index (κ2) is 22.6. The van der Waals surface area contributed by atoms with Gasteiger partial charge in [0.05, 0.1) is 12.2 Å². The number of hydrogen-bond donors (Lipinski definition) is 1. The Labute approximate surface area is 285 Å². The van der Waals surface area contributed by atoms with Crippen molar-refractivity contribution in [2.45, 2.75) is 58.9 Å². The standard InChI is InChI=1S/C10H15F3O3.C8H7Cl.C8H3F5.C8H14O3/c1-6(2)8(14)16-7(3)5-9(4,15)10(11,12)13;1-2-7-3-5-8(9)6-4-7;1-2-3-4(9)6(11)8(13)7(12)5(3)10;1-4-10-5-6-11-8(9)7(2)3/h7,15H,1,5H2,2-4H3;2-6H,1H2;2H,1H2;2,4-6H2,1,3H3. The van der Waals surface area contributed by atoms with Crippen molar-refractivity contribution in [1.82, 2.24) is 0 Å². The summed E-state index contributed by atoms with van der Waals surface area (Å²) in [6, 6.07) is 7.54. The van der Waals surface area contributed by atoms with E-state index in [9.17, 15) is 44.7 Å². The van der Waals surface area contributed by atoms with Gasteiger partial charge in [0, 0.05) is 29.2 Å². The zero-order chi connectivity index (χ0) is 38.7. The first-order valence-corrected chi connectivity index (χ1v) is 14.4. The van der Waals surface area contributed by atoms with E-state index in [2.05, 4.69) is 31.1 Å². The normalized spacial score (nSPS) is 12.1. The number of alkyl halides is 3. The average molecular weight is 731 g/mol. The minimum Gasteiger partial charge on any atom is -0.460 e. The van der Waals surface area contributed by atoms with Crippen LogP contribution in [-0.2, 0) is 23.8 Å². The van der Waals surface area contributed by atoms with Crippen LogP contribution in [0.4, 0.5) is 35.1 Å². The van der Waals surface area contributed by atoms with Crippen LogP contribution in [0, 0.1) is 29.1 Å². The molecule has 0 saturated heterocycles. The number of halogens is 9. The van der Waals surface area contributed by atoms with Crippen molar-refractivity contribution in [1.29, 1.82) is 0 Å². The Morgan fingerprint density at radius 2 is 1.31 bits per heavy atom. The summed E-state index contributed by atoms with van der Waals surface area (Å²) in [5.74, 6) is -11.0. The summed E-state index contributed by atoms with van der Waals surface area (Å²) >= 11 is 5.63. The lowest BCUT2D eigenvalue weighted by Crippen LogP contribution is -2.45. The van der Waals surface area contributed by atoms with Crippen LogP contribution in [0.15, 0.2) is 61.7 Å². The van der Waals surface area contributed by atoms with Gasteiger partial charge < -0.3 is 19.3 Å². The van der Waals surface area contributed by atoms with Crippen molar-refractivity contribution < 1.29 is 64.0 Å². The Morgan fingerprint density at radius 3 is 1.67 bits per heavy atom. The highest BCUT2D eigenvalue weighted by molar-refractivity contribution is 6.30. The quantitative estimate of drug-likeness (QED) is 0.0620. The number of carbonyl (C=O) groups excluding carboxylic acids is 2. The summed E-state index contributed by atoms with van der Waals surface area (Å²) in [7, 11) is 0. The van der Waals surface area contributed by atoms with Gasteiger partial charge >= 0.3 is 18.1 Å². The van der Waals surface area contributed by atoms with Gasteiger partial charge in [-0.2, -0.15) is 13.2 Å². The Bertz CT molecular complexity index is 1390. The summed E-state index contributed by atoms with van der Waals surface area (Å²) in [5, 5.41) is 9.90. The first kappa shape index (κ1) is 47.1. The first-order chi connectivity index (χ1) is 22.5. The van der Waals surface area contributed by atoms with Crippen molar-refractivity contribution in [3.8, 4) is 0 Å². The molecule has 49 heavy (non-hydrogen) atoms. The van der Waals surface area contributed by atoms with E-state index in [1.165, 1.54) is 13.8 Å². The van der Waals surface area contributed by atoms with Crippen LogP contribution < -0.4 is 0 Å². The van der Waals surface area contributed by atoms with E-state index < -0.39 is 64.9 Å². The van der Waals surface area contributed by atoms with Gasteiger partial charge in [0.1, 0.15) is 12.7 Å². The Balaban J connectivity index is 0. The molecular weight excluding hydrogens is 692 g/mol. The van der Waals surface area contributed by atoms with Crippen molar-refractivity contribution in [3.63, 3.8) is 0 Å². The van der Waals surface area contributed by atoms with Crippen LogP contribution in [0.2, 0.25) is 5.02 Å². The van der Waals surface area contributed by atoms with E-state index in [0.29, 0.717) is 38.4 Å². The van der Waals surface area contributed by atoms with Gasteiger partial charge in [-0.05, 0) is 52.3 Å². The van der Waals surface area contributed by atoms with Crippen molar-refractivity contribution in [2.24, 2.45) is 0 Å². The van der Waals surface area contributed by atoms with E-state index in [1.54, 1.807) is 13.0 Å². The van der Waals surface area contributed by atoms with Gasteiger partial charge in [0.15, 0.2) is 28.9 Å². The highest BCUT2D eigenvalue weighted by Gasteiger charge is 2.50. The van der Waals surface area contributed by atoms with Crippen molar-refractivity contribution >= 4 is 35.7 Å². The zero-order valence-electron chi connectivity index (χ0n) is 27.6. The maximum absolute atomic E-state index is 12.6. The van der Waals surface area contributed by atoms with Crippen molar-refractivity contribution in [3.05, 3.63) is 107 Å². The molecule has 274 valence electrons. The summed E-state index contributed by atoms with van der Waals surface area (Å²) < 4.78 is 114. The number of ether oxygens (including phenoxy) is 3. The first-order valence-electron chi connectivity index (χ1n) is 14.1. The highest BCUT2D eigenvalue weighted by Crippen LogP contribution is 2.34. The average Bonchev–Trinajstić information content (AvgIpc) is 3.01. The summed E-state index contributed by atoms with van der Waals surface area (Å²) in [6.45, 7) is 21.5. The lowest BCUT2D eigenvalue weighted by molar-refractivity contribution is -0.261. The molecule has 2 rings (SSSR count). The van der Waals surface area contributed by atoms with Crippen LogP contribution in [0.5, 0.6) is 0 Å². The third-order valence-electron chi connectivity index (χ3n) is 5.52. The fourth-order valence-corrected chi connectivity index (χ4v) is 2.99. The Hall–Kier alpha value is -4.01. The second-order valence-corrected chi connectivity index (χ2v) is 10.5. The Morgan fingerprint density at radius 1 is 0.857 bits per heavy atom. The van der Waals surface area contributed by atoms with Gasteiger partial charge in [-0.25, -0.2) is 31.5 Å². The highest BCUT2D eigenvalue weighted by atomic mass is 35.5. The predicted molar refractivity (Wildman–Crippen MR) is 172 cm³/mol. The third kappa shape index (κ3) is 17.8. The largest absolute Gasteiger partial charge is 0.460 e. The van der Waals surface area contributed by atoms with Crippen LogP contribution in [0.25, 0.3) is 12.2 Å². The van der Waals surface area contributed by atoms with Crippen LogP contribution >= 0.6 is 11.6 Å². The molecule has 2 unspecified atom stereocenters. The molecular formula is C34H39ClF8O6. The molecule has 0 aliphatic heterocycles. The molecule has 1 N–H and O–H groups in total. The molecule has 0 amide bonds. The number of benzene rings is 2. The molecule has 0 radical (unpaired) electrons. The smallest absolute Gasteiger partial charge is 0.417 e. The fraction of sp³-hybridized carbons (Fsp3) is 0.353. The van der Waals surface area contributed by atoms with Gasteiger partial charge in [-0.1, -0.05) is 62.2 Å². The van der Waals surface area contributed by atoms with Gasteiger partial charge in [-0.3, -0.25) is 0 Å². The molecule has 0 aliphatic carbocycles. The zero-order valence-corrected chi connectivity index (χ0v) is 28.3. The number of rotatable bonds is 11. The van der Waals surface area contributed by atoms with Crippen LogP contribution in [0.1, 0.15) is 52.2 Å². The topological polar surface area (TPSA) is 82.1 Å². The van der Waals surface area contributed by atoms with Crippen LogP contribution in [0.3, 0.4) is 0 Å². The molecule has 2 atom stereocenters. The van der Waals surface area contributed by atoms with Crippen molar-refractivity contribution in [2.75, 3.05) is 19.8 Å². The van der Waals surface area contributed by atoms with Crippen LogP contribution in [-0.4, -0.2) is 54.7 Å². The summed E-state index contributed by atoms with van der Waals surface area (Å²) in [5.41, 5.74) is -2.28. The van der Waals surface area contributed by atoms with Gasteiger partial charge in [0.2, 0.25) is 5.82 Å². The molecule has 15 heteroatoms. The predicted octanol–water partition coefficient (Wildman–Crippen LogP) is 9.35. The molecule has 2 aromatic carbocycles. The maximum Gasteiger partial charge on any atom is 0.417 e. The molecule has 0 fully saturated rings. The maximum atomic E-state index is 12.6. The monoisotopic (exact) mass is 730 g/mol. The van der Waals surface area contributed by atoms with Gasteiger partial charge in [0.25, 0.3) is 0 Å². The van der Waals surface area contributed by atoms with E-state index in [4.69, 9.17) is 26.2 Å². The number of esters is 2. The number of aliphatic hydroxyl groups is 1. The molecule has 0 spiro atoms. The number of hydrogen-bond acceptors (Lipinski definition) is 6. The SMILES string of the molecule is C=C(C)C(=O)OC(C)CC(C)(O)C(F)(F)F.C=C(C)C(=O)OCCOCC.C=Cc1c(F)c(F)c(F)c(F)c1F.C=Cc1ccc(Cl)cc1. The minimum absolute atomic E-state index is 0.0958. The van der Waals surface area contributed by atoms with E-state index in [-0.39, 0.29) is 11.5 Å². The Kier molecular flexibility index (Phi) is 21.7. The van der Waals surface area contributed by atoms with E-state index in [1.807, 2.05) is 31.2 Å². The summed E-state index contributed by atoms with van der Waals surface area (Å²) in [6.07, 6.45) is -4.15.